The maximum Gasteiger partial charge on any atom is 0.270 e. The maximum absolute atomic E-state index is 12.8. The number of halogens is 2. The van der Waals surface area contributed by atoms with E-state index in [1.807, 2.05) is 24.3 Å². The lowest BCUT2D eigenvalue weighted by atomic mass is 9.88. The summed E-state index contributed by atoms with van der Waals surface area (Å²) in [5.41, 5.74) is 2.31. The number of aromatic nitrogens is 2. The molecule has 1 atom stereocenters. The number of carbonyl (C=O) groups is 1. The normalized spacial score (nSPS) is 16.1. The number of amides is 1. The van der Waals surface area contributed by atoms with Crippen LogP contribution in [0.15, 0.2) is 46.8 Å². The average molecular weight is 483 g/mol. The Morgan fingerprint density at radius 1 is 1.13 bits per heavy atom. The molecule has 30 heavy (non-hydrogen) atoms. The molecule has 1 aliphatic carbocycles. The van der Waals surface area contributed by atoms with Crippen molar-refractivity contribution in [1.29, 1.82) is 0 Å². The van der Waals surface area contributed by atoms with Crippen LogP contribution in [-0.4, -0.2) is 24.5 Å². The van der Waals surface area contributed by atoms with Crippen molar-refractivity contribution in [3.05, 3.63) is 69.2 Å². The van der Waals surface area contributed by atoms with E-state index in [9.17, 15) is 13.2 Å². The molecule has 0 fully saturated rings. The molecule has 7 nitrogen and oxygen atoms in total. The second-order valence-corrected chi connectivity index (χ2v) is 10.4. The lowest BCUT2D eigenvalue weighted by Crippen LogP contribution is -2.31. The van der Waals surface area contributed by atoms with E-state index in [1.54, 1.807) is 0 Å². The van der Waals surface area contributed by atoms with Gasteiger partial charge in [-0.3, -0.25) is 10.1 Å². The van der Waals surface area contributed by atoms with Gasteiger partial charge in [0.05, 0.1) is 10.6 Å². The fourth-order valence-electron chi connectivity index (χ4n) is 3.32. The van der Waals surface area contributed by atoms with Crippen LogP contribution in [0, 0.1) is 0 Å². The van der Waals surface area contributed by atoms with Crippen LogP contribution in [-0.2, 0) is 16.4 Å². The number of nitrogens with one attached hydrogen (secondary N) is 2. The fourth-order valence-corrected chi connectivity index (χ4v) is 5.98. The van der Waals surface area contributed by atoms with E-state index in [-0.39, 0.29) is 26.1 Å². The molecule has 2 aromatic carbocycles. The van der Waals surface area contributed by atoms with Crippen LogP contribution in [0.25, 0.3) is 0 Å². The molecule has 0 bridgehead atoms. The summed E-state index contributed by atoms with van der Waals surface area (Å²) in [6.07, 6.45) is 2.52. The Morgan fingerprint density at radius 3 is 2.73 bits per heavy atom. The molecule has 1 heterocycles. The molecule has 0 spiro atoms. The molecule has 1 amide bonds. The highest BCUT2D eigenvalue weighted by Gasteiger charge is 2.28. The number of carbonyl (C=O) groups excluding carboxylic acids is 1. The van der Waals surface area contributed by atoms with Crippen LogP contribution in [0.4, 0.5) is 5.13 Å². The zero-order valence-corrected chi connectivity index (χ0v) is 18.6. The lowest BCUT2D eigenvalue weighted by molar-refractivity contribution is 0.102. The number of nitrogens with zero attached hydrogens (tertiary/aromatic N) is 2. The summed E-state index contributed by atoms with van der Waals surface area (Å²) in [6.45, 7) is 0. The molecular formula is C19H16Cl2N4O3S2. The highest BCUT2D eigenvalue weighted by molar-refractivity contribution is 7.91. The van der Waals surface area contributed by atoms with E-state index in [1.165, 1.54) is 18.2 Å². The van der Waals surface area contributed by atoms with Gasteiger partial charge in [0.25, 0.3) is 15.9 Å². The first-order valence-corrected chi connectivity index (χ1v) is 12.1. The standard InChI is InChI=1S/C19H16Cl2N4O3S2/c20-12-8-9-14(15(21)10-12)17(26)22-18-23-24-19(29-18)30(27,28)25-16-7-3-5-11-4-1-2-6-13(11)16/h1-2,4,6,8-10,16,25H,3,5,7H2,(H,22,23,26)/t16-/m1/s1. The molecule has 3 aromatic rings. The van der Waals surface area contributed by atoms with E-state index < -0.39 is 15.9 Å². The SMILES string of the molecule is O=C(Nc1nnc(S(=O)(=O)N[C@@H]2CCCc3ccccc32)s1)c1ccc(Cl)cc1Cl. The molecule has 0 aliphatic heterocycles. The molecule has 1 aromatic heterocycles. The van der Waals surface area contributed by atoms with Crippen LogP contribution < -0.4 is 10.0 Å². The second-order valence-electron chi connectivity index (χ2n) is 6.72. The van der Waals surface area contributed by atoms with Gasteiger partial charge in [0.2, 0.25) is 9.47 Å². The van der Waals surface area contributed by atoms with Gasteiger partial charge >= 0.3 is 0 Å². The average Bonchev–Trinajstić information content (AvgIpc) is 3.17. The van der Waals surface area contributed by atoms with Crippen LogP contribution in [0.1, 0.15) is 40.4 Å². The van der Waals surface area contributed by atoms with Crippen LogP contribution in [0.5, 0.6) is 0 Å². The first-order valence-electron chi connectivity index (χ1n) is 9.03. The molecule has 0 radical (unpaired) electrons. The largest absolute Gasteiger partial charge is 0.296 e. The third kappa shape index (κ3) is 4.50. The predicted octanol–water partition coefficient (Wildman–Crippen LogP) is 4.45. The summed E-state index contributed by atoms with van der Waals surface area (Å²) in [6, 6.07) is 11.9. The van der Waals surface area contributed by atoms with E-state index in [4.69, 9.17) is 23.2 Å². The van der Waals surface area contributed by atoms with Crippen molar-refractivity contribution >= 4 is 55.6 Å². The molecule has 4 rings (SSSR count). The van der Waals surface area contributed by atoms with E-state index in [0.29, 0.717) is 11.4 Å². The summed E-state index contributed by atoms with van der Waals surface area (Å²) in [7, 11) is -3.90. The minimum Gasteiger partial charge on any atom is -0.296 e. The zero-order chi connectivity index (χ0) is 21.3. The molecule has 0 unspecified atom stereocenters. The second kappa shape index (κ2) is 8.60. The van der Waals surface area contributed by atoms with E-state index >= 15 is 0 Å². The van der Waals surface area contributed by atoms with Crippen molar-refractivity contribution in [2.75, 3.05) is 5.32 Å². The van der Waals surface area contributed by atoms with Crippen molar-refractivity contribution in [3.63, 3.8) is 0 Å². The topological polar surface area (TPSA) is 101 Å². The first-order chi connectivity index (χ1) is 14.3. The molecule has 0 saturated heterocycles. The van der Waals surface area contributed by atoms with Gasteiger partial charge in [-0.2, -0.15) is 0 Å². The number of sulfonamides is 1. The third-order valence-electron chi connectivity index (χ3n) is 4.70. The molecule has 1 aliphatic rings. The first kappa shape index (κ1) is 21.2. The number of fused-ring (bicyclic) bond motifs is 1. The Kier molecular flexibility index (Phi) is 6.08. The van der Waals surface area contributed by atoms with Crippen LogP contribution in [0.3, 0.4) is 0 Å². The minimum atomic E-state index is -3.90. The minimum absolute atomic E-state index is 0.0513. The summed E-state index contributed by atoms with van der Waals surface area (Å²) in [5.74, 6) is -0.536. The Labute approximate surface area is 187 Å². The monoisotopic (exact) mass is 482 g/mol. The Balaban J connectivity index is 1.50. The van der Waals surface area contributed by atoms with Crippen molar-refractivity contribution in [3.8, 4) is 0 Å². The highest BCUT2D eigenvalue weighted by Crippen LogP contribution is 2.31. The van der Waals surface area contributed by atoms with E-state index in [0.717, 1.165) is 35.3 Å². The van der Waals surface area contributed by atoms with Crippen molar-refractivity contribution in [2.45, 2.75) is 29.6 Å². The number of anilines is 1. The predicted molar refractivity (Wildman–Crippen MR) is 117 cm³/mol. The summed E-state index contributed by atoms with van der Waals surface area (Å²) in [4.78, 5) is 12.4. The molecule has 2 N–H and O–H groups in total. The van der Waals surface area contributed by atoms with Crippen LogP contribution >= 0.6 is 34.5 Å². The molecule has 0 saturated carbocycles. The smallest absolute Gasteiger partial charge is 0.270 e. The molecular weight excluding hydrogens is 467 g/mol. The van der Waals surface area contributed by atoms with Crippen molar-refractivity contribution in [1.82, 2.24) is 14.9 Å². The van der Waals surface area contributed by atoms with Gasteiger partial charge < -0.3 is 0 Å². The quantitative estimate of drug-likeness (QED) is 0.522. The number of hydrogen-bond donors (Lipinski definition) is 2. The summed E-state index contributed by atoms with van der Waals surface area (Å²) >= 11 is 12.6. The van der Waals surface area contributed by atoms with Gasteiger partial charge in [0.1, 0.15) is 0 Å². The Morgan fingerprint density at radius 2 is 1.93 bits per heavy atom. The number of benzene rings is 2. The van der Waals surface area contributed by atoms with Gasteiger partial charge in [0, 0.05) is 11.1 Å². The van der Waals surface area contributed by atoms with Crippen molar-refractivity contribution < 1.29 is 13.2 Å². The third-order valence-corrected chi connectivity index (χ3v) is 7.93. The summed E-state index contributed by atoms with van der Waals surface area (Å²) in [5, 5.41) is 10.7. The highest BCUT2D eigenvalue weighted by atomic mass is 35.5. The van der Waals surface area contributed by atoms with Gasteiger partial charge in [-0.25, -0.2) is 13.1 Å². The number of rotatable bonds is 5. The molecule has 11 heteroatoms. The number of hydrogen-bond acceptors (Lipinski definition) is 6. The number of aryl methyl sites for hydroxylation is 1. The van der Waals surface area contributed by atoms with Crippen molar-refractivity contribution in [2.24, 2.45) is 0 Å². The Hall–Kier alpha value is -2.04. The van der Waals surface area contributed by atoms with Gasteiger partial charge in [-0.1, -0.05) is 58.8 Å². The van der Waals surface area contributed by atoms with E-state index in [2.05, 4.69) is 20.2 Å². The van der Waals surface area contributed by atoms with Gasteiger partial charge in [-0.05, 0) is 48.6 Å². The fraction of sp³-hybridized carbons (Fsp3) is 0.211. The summed E-state index contributed by atoms with van der Waals surface area (Å²) < 4.78 is 28.1. The maximum atomic E-state index is 12.8. The zero-order valence-electron chi connectivity index (χ0n) is 15.4. The Bertz CT molecular complexity index is 1210. The molecule has 156 valence electrons. The van der Waals surface area contributed by atoms with Gasteiger partial charge in [0.15, 0.2) is 0 Å². The van der Waals surface area contributed by atoms with Crippen LogP contribution in [0.2, 0.25) is 10.0 Å². The van der Waals surface area contributed by atoms with Gasteiger partial charge in [-0.15, -0.1) is 10.2 Å². The lowest BCUT2D eigenvalue weighted by Gasteiger charge is -2.25.